The Morgan fingerprint density at radius 3 is 0.882 bits per heavy atom. The number of benzene rings is 4. The molecular formula is C102H112N26O4S4. The van der Waals surface area contributed by atoms with Gasteiger partial charge in [0, 0.05) is 237 Å². The third-order valence-electron chi connectivity index (χ3n) is 24.3. The number of para-hydroxylation sites is 4. The number of carbonyl (C=O) groups excluding carboxylic acids is 4. The van der Waals surface area contributed by atoms with E-state index in [4.69, 9.17) is 2.74 Å². The second-order valence-corrected chi connectivity index (χ2v) is 33.2. The highest BCUT2D eigenvalue weighted by Crippen LogP contribution is 2.41. The number of hydrogen-bond donors (Lipinski definition) is 8. The van der Waals surface area contributed by atoms with Gasteiger partial charge in [0.05, 0.1) is 69.8 Å². The van der Waals surface area contributed by atoms with Gasteiger partial charge in [-0.15, -0.1) is 0 Å². The summed E-state index contributed by atoms with van der Waals surface area (Å²) in [5.74, 6) is 5.89. The molecule has 3 saturated carbocycles. The molecule has 698 valence electrons. The Balaban J connectivity index is 0.000000163. The fourth-order valence-electron chi connectivity index (χ4n) is 16.1. The summed E-state index contributed by atoms with van der Waals surface area (Å²) in [4.78, 5) is 129. The molecule has 4 atom stereocenters. The molecule has 12 heterocycles. The van der Waals surface area contributed by atoms with Crippen LogP contribution < -0.4 is 42.5 Å². The zero-order valence-electron chi connectivity index (χ0n) is 79.0. The van der Waals surface area contributed by atoms with Gasteiger partial charge in [0.1, 0.15) is 60.2 Å². The molecule has 0 radical (unpaired) electrons. The molecule has 3 fully saturated rings. The summed E-state index contributed by atoms with van der Waals surface area (Å²) in [6.45, 7) is 12.7. The van der Waals surface area contributed by atoms with E-state index >= 15 is 0 Å². The summed E-state index contributed by atoms with van der Waals surface area (Å²) < 4.78 is 16.2. The molecule has 3 aliphatic carbocycles. The molecule has 8 N–H and O–H groups in total. The molecule has 16 aromatic rings. The summed E-state index contributed by atoms with van der Waals surface area (Å²) in [7, 11) is 6.52. The smallest absolute Gasteiger partial charge is 0.251 e. The number of hydrogen-bond acceptors (Lipinski definition) is 26. The number of nitrogens with zero attached hydrogens (tertiary/aromatic N) is 18. The van der Waals surface area contributed by atoms with Crippen molar-refractivity contribution in [2.45, 2.75) is 127 Å². The third kappa shape index (κ3) is 24.1. The number of rotatable bonds is 27. The Hall–Kier alpha value is -14.2. The molecule has 0 saturated heterocycles. The quantitative estimate of drug-likeness (QED) is 0.0237. The fourth-order valence-corrected chi connectivity index (χ4v) is 16.1. The Bertz CT molecular complexity index is 6730. The van der Waals surface area contributed by atoms with Crippen molar-refractivity contribution >= 4 is 144 Å². The number of amides is 4. The number of anilines is 4. The number of aryl methyl sites for hydroxylation is 1. The van der Waals surface area contributed by atoms with Crippen LogP contribution in [0.25, 0.3) is 88.6 Å². The monoisotopic (exact) mass is 1890 g/mol. The van der Waals surface area contributed by atoms with Crippen LogP contribution in [-0.2, 0) is 0 Å². The SMILES string of the molecule is CNC(=O)c1ccnc2c([C@H](C)CNc3cc(-c4ccc(C5CC5)nc4)ncn3)cccc12.CNC(=O)c1ccnc2c([C@H](C)CNc3cc(-c4ccc(C5CCC5)nc4)ncn3)cccc12.CNC(=O)c1ccnc2c([C@H](C)CNc3cc(-c4cnc(C5CCC5)nc4)ncn3)cccc12.S.S.S.S.[2H]c1nc(C)nc([2H])c1-c1cc(NC[C@@H](C)c2cccc3c(C(=O)NC)ccnc23)ncn1. The fraction of sp³-hybridized carbons (Fsp3) is 0.275. The molecular weight excluding hydrogens is 1780 g/mol. The first-order chi connectivity index (χ1) is 65.3. The molecule has 4 amide bonds. The van der Waals surface area contributed by atoms with Gasteiger partial charge in [-0.05, 0) is 116 Å². The van der Waals surface area contributed by atoms with Crippen LogP contribution in [0.5, 0.6) is 0 Å². The molecule has 136 heavy (non-hydrogen) atoms. The van der Waals surface area contributed by atoms with E-state index in [1.165, 1.54) is 69.1 Å². The first kappa shape index (κ1) is 97.8. The Labute approximate surface area is 820 Å². The highest BCUT2D eigenvalue weighted by molar-refractivity contribution is 7.59. The summed E-state index contributed by atoms with van der Waals surface area (Å²) in [6, 6.07) is 46.6. The zero-order chi connectivity index (χ0) is 93.3. The van der Waals surface area contributed by atoms with Crippen LogP contribution in [-0.4, -0.2) is 168 Å². The van der Waals surface area contributed by atoms with Crippen LogP contribution in [0, 0.1) is 6.92 Å². The standard InChI is InChI=1S/C27H28N6O.C26H27N7O.C26H26N6O.C23H23N7O.4H2S/c1-17(20-7-4-8-21-22(27(34)28-2)11-12-29-26(20)21)14-31-25-13-24(32-16-33-25)19-9-10-23(30-15-19)18-5-3-6-18;1-16(19-7-4-8-20-21(26(34)27-2)9-10-28-24(19)20)12-29-23-11-22(32-15-33-23)18-13-30-25(31-14-18)17-5-3-6-17;1-16(19-4-3-5-20-21(26(33)27-2)10-11-28-25(19)20)13-30-24-12-23(31-15-32-24)18-8-9-22(29-14-18)17-6-7-17;1-14(17-5-4-6-18-19(23(31)24-3)7-8-25-22(17)18)10-28-21-9-20(29-13-30-21)16-11-26-15(2)27-12-16;;;;/h4,7-13,15-18H,3,5-6,14H2,1-2H3,(H,28,34)(H,31,32,33);4,7-11,13-17H,3,5-6,12H2,1-2H3,(H,27,34)(H,29,32,33);3-5,8-12,14-17H,6-7,13H2,1-2H3,(H,27,33)(H,30,31,32);4-9,11-14H,10H2,1-3H3,(H,24,31)(H,28,29,30);4*1H2/t17-;2*16-;14-;;;;/m1111..../s1/i;;;11D,12D;;;;. The van der Waals surface area contributed by atoms with Crippen molar-refractivity contribution in [3.05, 3.63) is 300 Å². The van der Waals surface area contributed by atoms with Crippen molar-refractivity contribution in [3.8, 4) is 45.0 Å². The van der Waals surface area contributed by atoms with Crippen molar-refractivity contribution in [3.63, 3.8) is 0 Å². The predicted molar refractivity (Wildman–Crippen MR) is 556 cm³/mol. The molecule has 0 bridgehead atoms. The van der Waals surface area contributed by atoms with Gasteiger partial charge in [-0.2, -0.15) is 54.0 Å². The maximum atomic E-state index is 12.3. The number of carbonyl (C=O) groups is 4. The zero-order valence-corrected chi connectivity index (χ0v) is 81.0. The van der Waals surface area contributed by atoms with Gasteiger partial charge in [-0.3, -0.25) is 49.1 Å². The Morgan fingerprint density at radius 2 is 0.610 bits per heavy atom. The van der Waals surface area contributed by atoms with E-state index in [9.17, 15) is 19.2 Å². The minimum Gasteiger partial charge on any atom is -0.369 e. The molecule has 12 aromatic heterocycles. The lowest BCUT2D eigenvalue weighted by molar-refractivity contribution is 0.0956. The second-order valence-electron chi connectivity index (χ2n) is 33.2. The Morgan fingerprint density at radius 1 is 0.324 bits per heavy atom. The van der Waals surface area contributed by atoms with Crippen LogP contribution in [0.4, 0.5) is 23.3 Å². The van der Waals surface area contributed by atoms with Crippen LogP contribution >= 0.6 is 54.0 Å². The minimum absolute atomic E-state index is 0. The third-order valence-corrected chi connectivity index (χ3v) is 24.3. The molecule has 30 nitrogen and oxygen atoms in total. The number of fused-ring (bicyclic) bond motifs is 4. The normalized spacial score (nSPS) is 13.5. The molecule has 0 unspecified atom stereocenters. The second kappa shape index (κ2) is 47.6. The van der Waals surface area contributed by atoms with E-state index in [0.717, 1.165) is 123 Å². The van der Waals surface area contributed by atoms with E-state index in [1.807, 2.05) is 97.6 Å². The maximum absolute atomic E-state index is 12.3. The Kier molecular flexibility index (Phi) is 34.2. The predicted octanol–water partition coefficient (Wildman–Crippen LogP) is 17.6. The van der Waals surface area contributed by atoms with Crippen molar-refractivity contribution in [1.29, 1.82) is 0 Å². The first-order valence-corrected chi connectivity index (χ1v) is 44.5. The topological polar surface area (TPSA) is 397 Å². The number of aromatic nitrogens is 18. The van der Waals surface area contributed by atoms with Crippen LogP contribution in [0.15, 0.2) is 233 Å². The van der Waals surface area contributed by atoms with Gasteiger partial charge in [-0.25, -0.2) is 59.8 Å². The number of pyridine rings is 6. The van der Waals surface area contributed by atoms with Crippen LogP contribution in [0.1, 0.15) is 210 Å². The average molecular weight is 1900 g/mol. The molecule has 34 heteroatoms. The van der Waals surface area contributed by atoms with Crippen molar-refractivity contribution in [1.82, 2.24) is 111 Å². The van der Waals surface area contributed by atoms with Crippen LogP contribution in [0.3, 0.4) is 0 Å². The van der Waals surface area contributed by atoms with E-state index in [2.05, 4.69) is 202 Å². The van der Waals surface area contributed by atoms with Gasteiger partial charge in [0.15, 0.2) is 0 Å². The maximum Gasteiger partial charge on any atom is 0.251 e. The van der Waals surface area contributed by atoms with Crippen molar-refractivity contribution in [2.24, 2.45) is 0 Å². The first-order valence-electron chi connectivity index (χ1n) is 45.5. The van der Waals surface area contributed by atoms with Crippen molar-refractivity contribution < 1.29 is 21.9 Å². The number of nitrogens with one attached hydrogen (secondary N) is 8. The van der Waals surface area contributed by atoms with Gasteiger partial charge in [0.25, 0.3) is 23.6 Å². The van der Waals surface area contributed by atoms with Crippen LogP contribution in [0.2, 0.25) is 0 Å². The van der Waals surface area contributed by atoms with Gasteiger partial charge in [-0.1, -0.05) is 113 Å². The average Bonchev–Trinajstić information content (AvgIpc) is 1.32. The lowest BCUT2D eigenvalue weighted by Gasteiger charge is -2.24. The highest BCUT2D eigenvalue weighted by atomic mass is 32.1. The highest BCUT2D eigenvalue weighted by Gasteiger charge is 2.27. The minimum atomic E-state index is -0.151. The summed E-state index contributed by atoms with van der Waals surface area (Å²) >= 11 is 0. The lowest BCUT2D eigenvalue weighted by Crippen LogP contribution is -2.18. The van der Waals surface area contributed by atoms with E-state index < -0.39 is 0 Å². The molecule has 3 aliphatic rings. The van der Waals surface area contributed by atoms with Crippen molar-refractivity contribution in [2.75, 3.05) is 75.6 Å². The molecule has 19 rings (SSSR count). The molecule has 0 spiro atoms. The van der Waals surface area contributed by atoms with Gasteiger partial charge >= 0.3 is 0 Å². The van der Waals surface area contributed by atoms with E-state index in [-0.39, 0.29) is 119 Å². The van der Waals surface area contributed by atoms with E-state index in [0.29, 0.717) is 83.5 Å². The summed E-state index contributed by atoms with van der Waals surface area (Å²) in [6.07, 6.45) is 30.1. The summed E-state index contributed by atoms with van der Waals surface area (Å²) in [5.41, 5.74) is 18.4. The molecule has 4 aromatic carbocycles. The summed E-state index contributed by atoms with van der Waals surface area (Å²) in [5, 5.41) is 27.7. The van der Waals surface area contributed by atoms with Gasteiger partial charge in [0.2, 0.25) is 0 Å². The lowest BCUT2D eigenvalue weighted by atomic mass is 9.82. The van der Waals surface area contributed by atoms with Gasteiger partial charge < -0.3 is 42.5 Å². The largest absolute Gasteiger partial charge is 0.369 e. The van der Waals surface area contributed by atoms with E-state index in [1.54, 1.807) is 109 Å². The molecule has 0 aliphatic heterocycles.